The summed E-state index contributed by atoms with van der Waals surface area (Å²) in [5.74, 6) is 1.07. The van der Waals surface area contributed by atoms with Gasteiger partial charge in [0.1, 0.15) is 10.6 Å². The van der Waals surface area contributed by atoms with E-state index in [2.05, 4.69) is 17.0 Å². The van der Waals surface area contributed by atoms with Gasteiger partial charge in [0.05, 0.1) is 17.7 Å². The van der Waals surface area contributed by atoms with Gasteiger partial charge in [-0.1, -0.05) is 57.3 Å². The molecule has 1 unspecified atom stereocenters. The summed E-state index contributed by atoms with van der Waals surface area (Å²) in [6.45, 7) is 7.06. The smallest absolute Gasteiger partial charge is 0.244 e. The zero-order valence-corrected chi connectivity index (χ0v) is 22.1. The van der Waals surface area contributed by atoms with Crippen molar-refractivity contribution in [3.63, 3.8) is 0 Å². The van der Waals surface area contributed by atoms with Crippen LogP contribution in [-0.2, 0) is 10.0 Å². The monoisotopic (exact) mass is 493 g/mol. The molecule has 33 heavy (non-hydrogen) atoms. The Balaban J connectivity index is 1.82. The standard InChI is InChI=1S/C25H39N3O3S2/c1-5-7-13-21(6-2)28-33(29,30)23-16-20(14-15-22(23)31-4)24-18(3)27-25(32-24)26-17-19-11-9-8-10-12-19/h14-16,19,21,28H,5-13,17H2,1-4H3,(H,26,27). The second kappa shape index (κ2) is 12.2. The van der Waals surface area contributed by atoms with E-state index in [0.717, 1.165) is 59.4 Å². The minimum Gasteiger partial charge on any atom is -0.495 e. The fraction of sp³-hybridized carbons (Fsp3) is 0.640. The Bertz CT molecular complexity index is 998. The summed E-state index contributed by atoms with van der Waals surface area (Å²) in [6.07, 6.45) is 10.2. The molecule has 8 heteroatoms. The van der Waals surface area contributed by atoms with Gasteiger partial charge in [0.2, 0.25) is 10.0 Å². The molecule has 2 aromatic rings. The van der Waals surface area contributed by atoms with Gasteiger partial charge in [-0.3, -0.25) is 0 Å². The lowest BCUT2D eigenvalue weighted by molar-refractivity contribution is 0.373. The summed E-state index contributed by atoms with van der Waals surface area (Å²) in [4.78, 5) is 5.88. The molecule has 1 aromatic carbocycles. The van der Waals surface area contributed by atoms with Gasteiger partial charge in [-0.2, -0.15) is 0 Å². The summed E-state index contributed by atoms with van der Waals surface area (Å²) in [6, 6.07) is 5.30. The van der Waals surface area contributed by atoms with Gasteiger partial charge in [0.15, 0.2) is 5.13 Å². The number of ether oxygens (including phenoxy) is 1. The van der Waals surface area contributed by atoms with Crippen molar-refractivity contribution in [2.75, 3.05) is 19.0 Å². The molecule has 1 aliphatic rings. The fourth-order valence-electron chi connectivity index (χ4n) is 4.47. The Kier molecular flexibility index (Phi) is 9.58. The number of benzene rings is 1. The molecule has 0 bridgehead atoms. The molecule has 0 radical (unpaired) electrons. The lowest BCUT2D eigenvalue weighted by Crippen LogP contribution is -2.34. The molecule has 6 nitrogen and oxygen atoms in total. The highest BCUT2D eigenvalue weighted by molar-refractivity contribution is 7.89. The van der Waals surface area contributed by atoms with Crippen molar-refractivity contribution >= 4 is 26.5 Å². The van der Waals surface area contributed by atoms with Crippen LogP contribution in [-0.4, -0.2) is 33.1 Å². The third-order valence-electron chi connectivity index (χ3n) is 6.50. The van der Waals surface area contributed by atoms with Crippen LogP contribution in [0.4, 0.5) is 5.13 Å². The number of thiazole rings is 1. The molecule has 1 heterocycles. The minimum atomic E-state index is -3.71. The topological polar surface area (TPSA) is 80.3 Å². The van der Waals surface area contributed by atoms with Gasteiger partial charge in [-0.25, -0.2) is 18.1 Å². The van der Waals surface area contributed by atoms with Crippen LogP contribution >= 0.6 is 11.3 Å². The van der Waals surface area contributed by atoms with E-state index in [-0.39, 0.29) is 10.9 Å². The van der Waals surface area contributed by atoms with Gasteiger partial charge in [-0.05, 0) is 62.3 Å². The maximum absolute atomic E-state index is 13.3. The van der Waals surface area contributed by atoms with Crippen LogP contribution < -0.4 is 14.8 Å². The number of aromatic nitrogens is 1. The Hall–Kier alpha value is -1.64. The van der Waals surface area contributed by atoms with E-state index in [9.17, 15) is 8.42 Å². The number of rotatable bonds is 12. The van der Waals surface area contributed by atoms with E-state index < -0.39 is 10.0 Å². The molecule has 184 valence electrons. The van der Waals surface area contributed by atoms with E-state index >= 15 is 0 Å². The van der Waals surface area contributed by atoms with Crippen LogP contribution in [0.25, 0.3) is 10.4 Å². The maximum atomic E-state index is 13.3. The number of hydrogen-bond donors (Lipinski definition) is 2. The van der Waals surface area contributed by atoms with E-state index in [0.29, 0.717) is 5.75 Å². The lowest BCUT2D eigenvalue weighted by Gasteiger charge is -2.21. The summed E-state index contributed by atoms with van der Waals surface area (Å²) in [5.41, 5.74) is 1.75. The normalized spacial score (nSPS) is 16.0. The zero-order chi connectivity index (χ0) is 23.8. The average molecular weight is 494 g/mol. The van der Waals surface area contributed by atoms with E-state index in [1.807, 2.05) is 19.9 Å². The number of sulfonamides is 1. The molecule has 1 fully saturated rings. The summed E-state index contributed by atoms with van der Waals surface area (Å²) in [5, 5.41) is 4.42. The SMILES string of the molecule is CCCCC(CC)NS(=O)(=O)c1cc(-c2sc(NCC3CCCCC3)nc2C)ccc1OC. The Morgan fingerprint density at radius 2 is 1.97 bits per heavy atom. The van der Waals surface area contributed by atoms with Crippen molar-refractivity contribution in [1.29, 1.82) is 0 Å². The summed E-state index contributed by atoms with van der Waals surface area (Å²) < 4.78 is 34.9. The lowest BCUT2D eigenvalue weighted by atomic mass is 9.89. The van der Waals surface area contributed by atoms with E-state index in [1.165, 1.54) is 39.2 Å². The maximum Gasteiger partial charge on any atom is 0.244 e. The predicted octanol–water partition coefficient (Wildman–Crippen LogP) is 6.37. The van der Waals surface area contributed by atoms with Crippen molar-refractivity contribution in [3.8, 4) is 16.2 Å². The highest BCUT2D eigenvalue weighted by Gasteiger charge is 2.24. The van der Waals surface area contributed by atoms with E-state index in [4.69, 9.17) is 9.72 Å². The Morgan fingerprint density at radius 1 is 1.21 bits per heavy atom. The first-order valence-corrected chi connectivity index (χ1v) is 14.6. The molecular formula is C25H39N3O3S2. The second-order valence-electron chi connectivity index (χ2n) is 9.05. The molecule has 1 aliphatic carbocycles. The van der Waals surface area contributed by atoms with Crippen molar-refractivity contribution in [2.24, 2.45) is 5.92 Å². The third-order valence-corrected chi connectivity index (χ3v) is 9.21. The average Bonchev–Trinajstić information content (AvgIpc) is 3.21. The van der Waals surface area contributed by atoms with Crippen LogP contribution in [0.2, 0.25) is 0 Å². The summed E-state index contributed by atoms with van der Waals surface area (Å²) in [7, 11) is -2.20. The number of methoxy groups -OCH3 is 1. The van der Waals surface area contributed by atoms with Gasteiger partial charge in [-0.15, -0.1) is 0 Å². The Morgan fingerprint density at radius 3 is 2.64 bits per heavy atom. The Labute approximate surface area is 203 Å². The zero-order valence-electron chi connectivity index (χ0n) is 20.4. The van der Waals surface area contributed by atoms with Crippen molar-refractivity contribution < 1.29 is 13.2 Å². The molecule has 2 N–H and O–H groups in total. The molecule has 0 saturated heterocycles. The van der Waals surface area contributed by atoms with Crippen LogP contribution in [0.5, 0.6) is 5.75 Å². The van der Waals surface area contributed by atoms with Crippen molar-refractivity contribution in [3.05, 3.63) is 23.9 Å². The largest absolute Gasteiger partial charge is 0.495 e. The van der Waals surface area contributed by atoms with Gasteiger partial charge < -0.3 is 10.1 Å². The fourth-order valence-corrected chi connectivity index (χ4v) is 6.99. The highest BCUT2D eigenvalue weighted by atomic mass is 32.2. The van der Waals surface area contributed by atoms with E-state index in [1.54, 1.807) is 23.5 Å². The number of nitrogens with one attached hydrogen (secondary N) is 2. The molecule has 1 saturated carbocycles. The number of unbranched alkanes of at least 4 members (excludes halogenated alkanes) is 1. The van der Waals surface area contributed by atoms with Crippen LogP contribution in [0, 0.1) is 12.8 Å². The van der Waals surface area contributed by atoms with Crippen molar-refractivity contribution in [2.45, 2.75) is 89.5 Å². The predicted molar refractivity (Wildman–Crippen MR) is 138 cm³/mol. The first-order valence-electron chi connectivity index (χ1n) is 12.3. The minimum absolute atomic E-state index is 0.0796. The molecular weight excluding hydrogens is 454 g/mol. The summed E-state index contributed by atoms with van der Waals surface area (Å²) >= 11 is 1.59. The van der Waals surface area contributed by atoms with Gasteiger partial charge in [0, 0.05) is 12.6 Å². The second-order valence-corrected chi connectivity index (χ2v) is 11.7. The van der Waals surface area contributed by atoms with Crippen molar-refractivity contribution in [1.82, 2.24) is 9.71 Å². The first-order chi connectivity index (χ1) is 15.9. The van der Waals surface area contributed by atoms with Crippen LogP contribution in [0.15, 0.2) is 23.1 Å². The van der Waals surface area contributed by atoms with Crippen LogP contribution in [0.3, 0.4) is 0 Å². The number of anilines is 1. The number of aryl methyl sites for hydroxylation is 1. The molecule has 1 aromatic heterocycles. The molecule has 1 atom stereocenters. The number of hydrogen-bond acceptors (Lipinski definition) is 6. The quantitative estimate of drug-likeness (QED) is 0.359. The molecule has 0 spiro atoms. The highest BCUT2D eigenvalue weighted by Crippen LogP contribution is 2.37. The van der Waals surface area contributed by atoms with Gasteiger partial charge >= 0.3 is 0 Å². The molecule has 3 rings (SSSR count). The molecule has 0 aliphatic heterocycles. The third kappa shape index (κ3) is 6.93. The van der Waals surface area contributed by atoms with Gasteiger partial charge in [0.25, 0.3) is 0 Å². The van der Waals surface area contributed by atoms with Crippen LogP contribution in [0.1, 0.15) is 77.3 Å². The number of nitrogens with zero attached hydrogens (tertiary/aromatic N) is 1. The first kappa shape index (κ1) is 26.0. The molecule has 0 amide bonds.